The fourth-order valence-corrected chi connectivity index (χ4v) is 1.02. The number of esters is 1. The molecule has 0 saturated carbocycles. The summed E-state index contributed by atoms with van der Waals surface area (Å²) in [5, 5.41) is 10.6. The minimum absolute atomic E-state index is 0.0853. The molecule has 0 aromatic carbocycles. The lowest BCUT2D eigenvalue weighted by Crippen LogP contribution is -2.28. The molecule has 0 aliphatic carbocycles. The van der Waals surface area contributed by atoms with Crippen molar-refractivity contribution in [2.45, 2.75) is 19.4 Å². The van der Waals surface area contributed by atoms with E-state index >= 15 is 0 Å². The maximum absolute atomic E-state index is 11.1. The zero-order valence-corrected chi connectivity index (χ0v) is 9.43. The fraction of sp³-hybridized carbons (Fsp3) is 0.500. The molecule has 1 aromatic heterocycles. The number of ether oxygens (including phenoxy) is 1. The quantitative estimate of drug-likeness (QED) is 0.704. The van der Waals surface area contributed by atoms with Crippen LogP contribution < -0.4 is 11.1 Å². The Hall–Kier alpha value is -1.69. The van der Waals surface area contributed by atoms with Crippen molar-refractivity contribution in [1.29, 1.82) is 0 Å². The summed E-state index contributed by atoms with van der Waals surface area (Å²) in [6.45, 7) is 2.64. The van der Waals surface area contributed by atoms with Gasteiger partial charge < -0.3 is 15.8 Å². The third-order valence-electron chi connectivity index (χ3n) is 2.13. The van der Waals surface area contributed by atoms with Gasteiger partial charge in [0, 0.05) is 12.6 Å². The number of nitrogens with one attached hydrogen (secondary N) is 1. The predicted octanol–water partition coefficient (Wildman–Crippen LogP) is 0.412. The highest BCUT2D eigenvalue weighted by Crippen LogP contribution is 2.03. The Bertz CT molecular complexity index is 339. The van der Waals surface area contributed by atoms with E-state index in [1.54, 1.807) is 12.1 Å². The van der Waals surface area contributed by atoms with Crippen molar-refractivity contribution in [3.05, 3.63) is 17.8 Å². The number of carbonyl (C=O) groups excluding carboxylic acids is 1. The van der Waals surface area contributed by atoms with E-state index in [0.29, 0.717) is 12.4 Å². The monoisotopic (exact) mass is 224 g/mol. The van der Waals surface area contributed by atoms with Crippen molar-refractivity contribution >= 4 is 11.8 Å². The summed E-state index contributed by atoms with van der Waals surface area (Å²) in [5.74, 6) is 0.0980. The zero-order chi connectivity index (χ0) is 12.0. The van der Waals surface area contributed by atoms with Crippen molar-refractivity contribution in [3.8, 4) is 0 Å². The van der Waals surface area contributed by atoms with Gasteiger partial charge in [0.05, 0.1) is 7.11 Å². The van der Waals surface area contributed by atoms with Gasteiger partial charge >= 0.3 is 5.97 Å². The molecule has 0 aliphatic rings. The van der Waals surface area contributed by atoms with Gasteiger partial charge in [-0.2, -0.15) is 0 Å². The molecule has 16 heavy (non-hydrogen) atoms. The molecule has 1 unspecified atom stereocenters. The molecule has 1 aromatic rings. The van der Waals surface area contributed by atoms with Crippen LogP contribution in [0.5, 0.6) is 0 Å². The van der Waals surface area contributed by atoms with Gasteiger partial charge in [-0.25, -0.2) is 4.79 Å². The summed E-state index contributed by atoms with van der Waals surface area (Å²) < 4.78 is 4.51. The average Bonchev–Trinajstić information content (AvgIpc) is 2.35. The molecule has 0 amide bonds. The lowest BCUT2D eigenvalue weighted by Gasteiger charge is -2.10. The van der Waals surface area contributed by atoms with Gasteiger partial charge in [-0.15, -0.1) is 10.2 Å². The molecular formula is C10H16N4O2. The van der Waals surface area contributed by atoms with E-state index in [9.17, 15) is 4.79 Å². The number of anilines is 1. The first-order chi connectivity index (χ1) is 7.67. The van der Waals surface area contributed by atoms with E-state index in [-0.39, 0.29) is 11.7 Å². The first-order valence-electron chi connectivity index (χ1n) is 5.08. The number of hydrogen-bond donors (Lipinski definition) is 2. The Morgan fingerprint density at radius 3 is 2.81 bits per heavy atom. The zero-order valence-electron chi connectivity index (χ0n) is 9.43. The van der Waals surface area contributed by atoms with Crippen LogP contribution in [0, 0.1) is 0 Å². The van der Waals surface area contributed by atoms with Gasteiger partial charge in [-0.05, 0) is 18.6 Å². The van der Waals surface area contributed by atoms with Crippen LogP contribution >= 0.6 is 0 Å². The summed E-state index contributed by atoms with van der Waals surface area (Å²) in [5.41, 5.74) is 5.92. The summed E-state index contributed by atoms with van der Waals surface area (Å²) >= 11 is 0. The van der Waals surface area contributed by atoms with E-state index in [0.717, 1.165) is 6.42 Å². The molecule has 0 fully saturated rings. The lowest BCUT2D eigenvalue weighted by molar-refractivity contribution is 0.0593. The van der Waals surface area contributed by atoms with Crippen LogP contribution in [-0.4, -0.2) is 35.9 Å². The normalized spacial score (nSPS) is 11.9. The highest BCUT2D eigenvalue weighted by Gasteiger charge is 2.07. The molecule has 6 heteroatoms. The minimum Gasteiger partial charge on any atom is -0.464 e. The third kappa shape index (κ3) is 3.47. The van der Waals surface area contributed by atoms with Gasteiger partial charge in [0.15, 0.2) is 5.69 Å². The maximum Gasteiger partial charge on any atom is 0.358 e. The highest BCUT2D eigenvalue weighted by atomic mass is 16.5. The first-order valence-corrected chi connectivity index (χ1v) is 5.08. The topological polar surface area (TPSA) is 90.1 Å². The molecule has 88 valence electrons. The largest absolute Gasteiger partial charge is 0.464 e. The Labute approximate surface area is 94.2 Å². The number of methoxy groups -OCH3 is 1. The van der Waals surface area contributed by atoms with Gasteiger partial charge in [0.2, 0.25) is 0 Å². The average molecular weight is 224 g/mol. The number of carbonyl (C=O) groups is 1. The fourth-order valence-electron chi connectivity index (χ4n) is 1.02. The molecule has 1 atom stereocenters. The predicted molar refractivity (Wildman–Crippen MR) is 60.1 cm³/mol. The molecule has 1 heterocycles. The Kier molecular flexibility index (Phi) is 4.65. The summed E-state index contributed by atoms with van der Waals surface area (Å²) in [4.78, 5) is 11.1. The van der Waals surface area contributed by atoms with E-state index in [1.165, 1.54) is 7.11 Å². The molecule has 3 N–H and O–H groups in total. The van der Waals surface area contributed by atoms with Crippen LogP contribution in [0.4, 0.5) is 5.82 Å². The van der Waals surface area contributed by atoms with Crippen molar-refractivity contribution in [2.75, 3.05) is 19.0 Å². The third-order valence-corrected chi connectivity index (χ3v) is 2.13. The molecule has 0 radical (unpaired) electrons. The van der Waals surface area contributed by atoms with Gasteiger partial charge in [0.1, 0.15) is 5.82 Å². The summed E-state index contributed by atoms with van der Waals surface area (Å²) in [6, 6.07) is 3.31. The molecule has 0 spiro atoms. The molecule has 0 aliphatic heterocycles. The van der Waals surface area contributed by atoms with Crippen LogP contribution in [0.15, 0.2) is 12.1 Å². The molecule has 1 rings (SSSR count). The molecule has 0 saturated heterocycles. The van der Waals surface area contributed by atoms with E-state index < -0.39 is 5.97 Å². The van der Waals surface area contributed by atoms with Crippen molar-refractivity contribution in [2.24, 2.45) is 5.73 Å². The molecule has 0 bridgehead atoms. The first kappa shape index (κ1) is 12.4. The SMILES string of the molecule is CCC(N)CNc1ccc(C(=O)OC)nn1. The number of rotatable bonds is 5. The van der Waals surface area contributed by atoms with E-state index in [2.05, 4.69) is 20.3 Å². The number of nitrogens with zero attached hydrogens (tertiary/aromatic N) is 2. The number of hydrogen-bond acceptors (Lipinski definition) is 6. The molecule has 6 nitrogen and oxygen atoms in total. The van der Waals surface area contributed by atoms with Gasteiger partial charge in [-0.3, -0.25) is 0 Å². The Morgan fingerprint density at radius 1 is 1.56 bits per heavy atom. The number of aromatic nitrogens is 2. The number of nitrogens with two attached hydrogens (primary N) is 1. The molecular weight excluding hydrogens is 208 g/mol. The van der Waals surface area contributed by atoms with Crippen molar-refractivity contribution in [3.63, 3.8) is 0 Å². The standard InChI is InChI=1S/C10H16N4O2/c1-3-7(11)6-12-9-5-4-8(13-14-9)10(15)16-2/h4-5,7H,3,6,11H2,1-2H3,(H,12,14). The summed E-state index contributed by atoms with van der Waals surface area (Å²) in [7, 11) is 1.30. The smallest absolute Gasteiger partial charge is 0.358 e. The van der Waals surface area contributed by atoms with Crippen molar-refractivity contribution < 1.29 is 9.53 Å². The van der Waals surface area contributed by atoms with E-state index in [1.807, 2.05) is 6.92 Å². The van der Waals surface area contributed by atoms with Gasteiger partial charge in [-0.1, -0.05) is 6.92 Å². The lowest BCUT2D eigenvalue weighted by atomic mass is 10.2. The second-order valence-corrected chi connectivity index (χ2v) is 3.34. The van der Waals surface area contributed by atoms with Crippen LogP contribution in [0.3, 0.4) is 0 Å². The van der Waals surface area contributed by atoms with Crippen molar-refractivity contribution in [1.82, 2.24) is 10.2 Å². The Morgan fingerprint density at radius 2 is 2.31 bits per heavy atom. The van der Waals surface area contributed by atoms with Crippen LogP contribution in [0.1, 0.15) is 23.8 Å². The van der Waals surface area contributed by atoms with Crippen LogP contribution in [-0.2, 0) is 4.74 Å². The van der Waals surface area contributed by atoms with Crippen LogP contribution in [0.25, 0.3) is 0 Å². The highest BCUT2D eigenvalue weighted by molar-refractivity contribution is 5.86. The minimum atomic E-state index is -0.496. The van der Waals surface area contributed by atoms with Crippen LogP contribution in [0.2, 0.25) is 0 Å². The second-order valence-electron chi connectivity index (χ2n) is 3.34. The summed E-state index contributed by atoms with van der Waals surface area (Å²) in [6.07, 6.45) is 0.890. The second kappa shape index (κ2) is 6.02. The maximum atomic E-state index is 11.1. The Balaban J connectivity index is 2.54. The van der Waals surface area contributed by atoms with Gasteiger partial charge in [0.25, 0.3) is 0 Å². The van der Waals surface area contributed by atoms with E-state index in [4.69, 9.17) is 5.73 Å².